The number of hydrogen-bond acceptors (Lipinski definition) is 5. The monoisotopic (exact) mass is 311 g/mol. The lowest BCUT2D eigenvalue weighted by molar-refractivity contribution is -0.131. The molecular formula is C17H17N3O3. The third-order valence-corrected chi connectivity index (χ3v) is 3.60. The summed E-state index contributed by atoms with van der Waals surface area (Å²) in [6, 6.07) is 8.85. The summed E-state index contributed by atoms with van der Waals surface area (Å²) in [5.41, 5.74) is 3.16. The Kier molecular flexibility index (Phi) is 3.73. The third-order valence-electron chi connectivity index (χ3n) is 3.60. The van der Waals surface area contributed by atoms with Gasteiger partial charge >= 0.3 is 5.97 Å². The first kappa shape index (κ1) is 15.0. The van der Waals surface area contributed by atoms with Gasteiger partial charge in [0.05, 0.1) is 5.56 Å². The highest BCUT2D eigenvalue weighted by atomic mass is 16.5. The first-order valence-electron chi connectivity index (χ1n) is 7.28. The minimum atomic E-state index is -0.380. The van der Waals surface area contributed by atoms with E-state index in [1.165, 1.54) is 6.92 Å². The van der Waals surface area contributed by atoms with Crippen molar-refractivity contribution in [3.05, 3.63) is 52.7 Å². The molecule has 0 fully saturated rings. The lowest BCUT2D eigenvalue weighted by Gasteiger charge is -2.28. The van der Waals surface area contributed by atoms with E-state index in [2.05, 4.69) is 15.6 Å². The fraction of sp³-hybridized carbons (Fsp3) is 0.235. The maximum Gasteiger partial charge on any atom is 0.308 e. The van der Waals surface area contributed by atoms with Gasteiger partial charge in [-0.2, -0.15) is 0 Å². The van der Waals surface area contributed by atoms with E-state index in [0.717, 1.165) is 16.8 Å². The van der Waals surface area contributed by atoms with Crippen LogP contribution in [-0.2, 0) is 4.79 Å². The number of carbonyl (C=O) groups excluding carboxylic acids is 2. The first-order chi connectivity index (χ1) is 10.9. The molecule has 118 valence electrons. The molecule has 3 rings (SSSR count). The van der Waals surface area contributed by atoms with Crippen molar-refractivity contribution in [2.45, 2.75) is 26.9 Å². The molecule has 0 bridgehead atoms. The molecule has 2 heterocycles. The zero-order valence-electron chi connectivity index (χ0n) is 13.1. The SMILES string of the molecule is CC(=O)Oc1ccc(C2NC(=O)c3c(C)cc(C)nc3N2)cc1. The molecule has 0 aliphatic carbocycles. The number of nitrogens with zero attached hydrogens (tertiary/aromatic N) is 1. The van der Waals surface area contributed by atoms with Crippen molar-refractivity contribution in [3.63, 3.8) is 0 Å². The van der Waals surface area contributed by atoms with Gasteiger partial charge in [0.25, 0.3) is 5.91 Å². The zero-order valence-corrected chi connectivity index (χ0v) is 13.1. The highest BCUT2D eigenvalue weighted by Gasteiger charge is 2.27. The fourth-order valence-electron chi connectivity index (χ4n) is 2.66. The topological polar surface area (TPSA) is 80.3 Å². The summed E-state index contributed by atoms with van der Waals surface area (Å²) in [6.07, 6.45) is -0.380. The quantitative estimate of drug-likeness (QED) is 0.658. The van der Waals surface area contributed by atoms with Crippen LogP contribution in [0.5, 0.6) is 5.75 Å². The number of fused-ring (bicyclic) bond motifs is 1. The summed E-state index contributed by atoms with van der Waals surface area (Å²) >= 11 is 0. The molecular weight excluding hydrogens is 294 g/mol. The second-order valence-corrected chi connectivity index (χ2v) is 5.52. The van der Waals surface area contributed by atoms with Gasteiger partial charge in [0.15, 0.2) is 0 Å². The van der Waals surface area contributed by atoms with Crippen LogP contribution in [-0.4, -0.2) is 16.9 Å². The fourth-order valence-corrected chi connectivity index (χ4v) is 2.66. The Balaban J connectivity index is 1.88. The second-order valence-electron chi connectivity index (χ2n) is 5.52. The predicted octanol–water partition coefficient (Wildman–Crippen LogP) is 2.48. The minimum Gasteiger partial charge on any atom is -0.427 e. The van der Waals surface area contributed by atoms with E-state index >= 15 is 0 Å². The van der Waals surface area contributed by atoms with E-state index in [1.807, 2.05) is 19.9 Å². The molecule has 23 heavy (non-hydrogen) atoms. The number of benzene rings is 1. The van der Waals surface area contributed by atoms with Crippen LogP contribution in [0.3, 0.4) is 0 Å². The van der Waals surface area contributed by atoms with Gasteiger partial charge in [-0.25, -0.2) is 4.98 Å². The maximum absolute atomic E-state index is 12.4. The average Bonchev–Trinajstić information content (AvgIpc) is 2.46. The molecule has 1 atom stereocenters. The van der Waals surface area contributed by atoms with Crippen molar-refractivity contribution in [3.8, 4) is 5.75 Å². The smallest absolute Gasteiger partial charge is 0.308 e. The van der Waals surface area contributed by atoms with Crippen LogP contribution in [0.4, 0.5) is 5.82 Å². The van der Waals surface area contributed by atoms with Crippen LogP contribution in [0.2, 0.25) is 0 Å². The average molecular weight is 311 g/mol. The normalized spacial score (nSPS) is 16.1. The number of aryl methyl sites for hydroxylation is 2. The van der Waals surface area contributed by atoms with Gasteiger partial charge in [0, 0.05) is 12.6 Å². The summed E-state index contributed by atoms with van der Waals surface area (Å²) in [5.74, 6) is 0.526. The molecule has 6 nitrogen and oxygen atoms in total. The van der Waals surface area contributed by atoms with Gasteiger partial charge in [-0.05, 0) is 43.2 Å². The molecule has 2 aromatic rings. The van der Waals surface area contributed by atoms with E-state index in [9.17, 15) is 9.59 Å². The van der Waals surface area contributed by atoms with Gasteiger partial charge < -0.3 is 15.4 Å². The maximum atomic E-state index is 12.4. The number of hydrogen-bond donors (Lipinski definition) is 2. The van der Waals surface area contributed by atoms with Crippen molar-refractivity contribution >= 4 is 17.7 Å². The second kappa shape index (κ2) is 5.72. The lowest BCUT2D eigenvalue weighted by Crippen LogP contribution is -2.39. The van der Waals surface area contributed by atoms with Gasteiger partial charge in [-0.3, -0.25) is 9.59 Å². The zero-order chi connectivity index (χ0) is 16.6. The van der Waals surface area contributed by atoms with Gasteiger partial charge in [0.1, 0.15) is 17.7 Å². The Morgan fingerprint density at radius 3 is 2.52 bits per heavy atom. The van der Waals surface area contributed by atoms with E-state index in [0.29, 0.717) is 17.1 Å². The van der Waals surface area contributed by atoms with Gasteiger partial charge in [-0.1, -0.05) is 12.1 Å². The summed E-state index contributed by atoms with van der Waals surface area (Å²) in [6.45, 7) is 5.14. The molecule has 0 spiro atoms. The summed E-state index contributed by atoms with van der Waals surface area (Å²) in [7, 11) is 0. The Hall–Kier alpha value is -2.89. The third kappa shape index (κ3) is 3.01. The molecule has 0 saturated heterocycles. The van der Waals surface area contributed by atoms with Gasteiger partial charge in [0.2, 0.25) is 0 Å². The van der Waals surface area contributed by atoms with Crippen LogP contribution >= 0.6 is 0 Å². The van der Waals surface area contributed by atoms with Crippen LogP contribution in [0.25, 0.3) is 0 Å². The van der Waals surface area contributed by atoms with Crippen molar-refractivity contribution in [1.29, 1.82) is 0 Å². The van der Waals surface area contributed by atoms with Crippen molar-refractivity contribution in [1.82, 2.24) is 10.3 Å². The number of aromatic nitrogens is 1. The molecule has 6 heteroatoms. The minimum absolute atomic E-state index is 0.155. The van der Waals surface area contributed by atoms with Crippen LogP contribution in [0, 0.1) is 13.8 Å². The number of nitrogens with one attached hydrogen (secondary N) is 2. The Morgan fingerprint density at radius 1 is 1.17 bits per heavy atom. The lowest BCUT2D eigenvalue weighted by atomic mass is 10.0. The number of rotatable bonds is 2. The predicted molar refractivity (Wildman–Crippen MR) is 85.3 cm³/mol. The standard InChI is InChI=1S/C17H17N3O3/c1-9-8-10(2)18-16-14(9)17(22)20-15(19-16)12-4-6-13(7-5-12)23-11(3)21/h4-8,15H,1-3H3,(H,18,19)(H,20,22). The largest absolute Gasteiger partial charge is 0.427 e. The number of amides is 1. The first-order valence-corrected chi connectivity index (χ1v) is 7.28. The van der Waals surface area contributed by atoms with Crippen LogP contribution in [0.1, 0.15) is 40.3 Å². The Bertz CT molecular complexity index is 784. The molecule has 0 saturated carbocycles. The highest BCUT2D eigenvalue weighted by molar-refractivity contribution is 6.02. The molecule has 1 aromatic heterocycles. The van der Waals surface area contributed by atoms with Crippen molar-refractivity contribution in [2.75, 3.05) is 5.32 Å². The summed E-state index contributed by atoms with van der Waals surface area (Å²) < 4.78 is 5.01. The number of carbonyl (C=O) groups is 2. The molecule has 0 radical (unpaired) electrons. The molecule has 1 aromatic carbocycles. The van der Waals surface area contributed by atoms with Crippen LogP contribution in [0.15, 0.2) is 30.3 Å². The van der Waals surface area contributed by atoms with E-state index in [1.54, 1.807) is 24.3 Å². The van der Waals surface area contributed by atoms with Crippen molar-refractivity contribution in [2.24, 2.45) is 0 Å². The molecule has 2 N–H and O–H groups in total. The number of esters is 1. The molecule has 1 aliphatic rings. The summed E-state index contributed by atoms with van der Waals surface area (Å²) in [4.78, 5) is 27.7. The van der Waals surface area contributed by atoms with Crippen molar-refractivity contribution < 1.29 is 14.3 Å². The van der Waals surface area contributed by atoms with E-state index in [4.69, 9.17) is 4.74 Å². The van der Waals surface area contributed by atoms with Gasteiger partial charge in [-0.15, -0.1) is 0 Å². The molecule has 1 unspecified atom stereocenters. The highest BCUT2D eigenvalue weighted by Crippen LogP contribution is 2.28. The van der Waals surface area contributed by atoms with Crippen LogP contribution < -0.4 is 15.4 Å². The number of anilines is 1. The molecule has 1 amide bonds. The Morgan fingerprint density at radius 2 is 1.87 bits per heavy atom. The Labute approximate surface area is 133 Å². The molecule has 1 aliphatic heterocycles. The van der Waals surface area contributed by atoms with E-state index < -0.39 is 0 Å². The summed E-state index contributed by atoms with van der Waals surface area (Å²) in [5, 5.41) is 6.15. The van der Waals surface area contributed by atoms with E-state index in [-0.39, 0.29) is 18.0 Å². The number of pyridine rings is 1. The number of ether oxygens (including phenoxy) is 1.